The number of halogens is 5. The monoisotopic (exact) mass is 514 g/mol. The summed E-state index contributed by atoms with van der Waals surface area (Å²) in [5, 5.41) is 7.38. The Morgan fingerprint density at radius 2 is 2.03 bits per heavy atom. The quantitative estimate of drug-likeness (QED) is 0.342. The van der Waals surface area contributed by atoms with Crippen LogP contribution in [0.5, 0.6) is 5.75 Å². The van der Waals surface area contributed by atoms with Crippen LogP contribution in [0, 0.1) is 18.6 Å². The normalized spacial score (nSPS) is 15.4. The standard InChI is InChI=1S/C23H23F5N4O4/c1-14-5-3-6-16(24)21(14)29-22(34)15-9-17(25)18(10-19(15)36-12-23(26,27)28)31(2)30-20-11-35-8-4-7-32(20)13-33/h3,5-6,9-10,13H,4,7-8,11-12H2,1-2H3,(H,29,34)/b30-20-. The largest absolute Gasteiger partial charge is 0.483 e. The number of para-hydroxylation sites is 1. The third-order valence-electron chi connectivity index (χ3n) is 5.14. The average molecular weight is 514 g/mol. The van der Waals surface area contributed by atoms with E-state index in [0.29, 0.717) is 37.6 Å². The molecule has 194 valence electrons. The van der Waals surface area contributed by atoms with Gasteiger partial charge in [-0.2, -0.15) is 18.3 Å². The van der Waals surface area contributed by atoms with Gasteiger partial charge in [0.1, 0.15) is 24.0 Å². The first-order chi connectivity index (χ1) is 17.0. The van der Waals surface area contributed by atoms with E-state index < -0.39 is 41.6 Å². The number of nitrogens with one attached hydrogen (secondary N) is 1. The summed E-state index contributed by atoms with van der Waals surface area (Å²) in [7, 11) is 1.30. The number of anilines is 2. The molecular weight excluding hydrogens is 491 g/mol. The smallest absolute Gasteiger partial charge is 0.422 e. The van der Waals surface area contributed by atoms with E-state index in [0.717, 1.165) is 17.1 Å². The van der Waals surface area contributed by atoms with Gasteiger partial charge in [0.15, 0.2) is 12.4 Å². The average Bonchev–Trinajstić information content (AvgIpc) is 3.04. The molecule has 0 unspecified atom stereocenters. The Morgan fingerprint density at radius 3 is 2.69 bits per heavy atom. The van der Waals surface area contributed by atoms with Gasteiger partial charge in [-0.15, -0.1) is 0 Å². The van der Waals surface area contributed by atoms with Crippen LogP contribution in [0.2, 0.25) is 0 Å². The van der Waals surface area contributed by atoms with Gasteiger partial charge < -0.3 is 14.8 Å². The van der Waals surface area contributed by atoms with E-state index in [-0.39, 0.29) is 23.8 Å². The highest BCUT2D eigenvalue weighted by Crippen LogP contribution is 2.32. The van der Waals surface area contributed by atoms with Crippen molar-refractivity contribution in [3.8, 4) is 5.75 Å². The Balaban J connectivity index is 1.99. The number of nitrogens with zero attached hydrogens (tertiary/aromatic N) is 3. The number of carbonyl (C=O) groups excluding carboxylic acids is 2. The Bertz CT molecular complexity index is 1140. The third-order valence-corrected chi connectivity index (χ3v) is 5.14. The maximum atomic E-state index is 15.1. The van der Waals surface area contributed by atoms with Gasteiger partial charge in [0.25, 0.3) is 5.91 Å². The second kappa shape index (κ2) is 11.3. The van der Waals surface area contributed by atoms with Gasteiger partial charge in [0, 0.05) is 26.3 Å². The molecule has 13 heteroatoms. The SMILES string of the molecule is Cc1cccc(F)c1NC(=O)c1cc(F)c(N(C)/N=C2/COCCCN2C=O)cc1OCC(F)(F)F. The predicted molar refractivity (Wildman–Crippen MR) is 121 cm³/mol. The van der Waals surface area contributed by atoms with Crippen LogP contribution in [0.3, 0.4) is 0 Å². The molecular formula is C23H23F5N4O4. The van der Waals surface area contributed by atoms with Crippen molar-refractivity contribution in [2.45, 2.75) is 19.5 Å². The molecule has 0 atom stereocenters. The Hall–Kier alpha value is -3.74. The van der Waals surface area contributed by atoms with Crippen LogP contribution in [0.1, 0.15) is 22.3 Å². The molecule has 1 heterocycles. The predicted octanol–water partition coefficient (Wildman–Crippen LogP) is 4.10. The minimum absolute atomic E-state index is 0.0510. The number of carbonyl (C=O) groups is 2. The number of amides is 2. The van der Waals surface area contributed by atoms with Crippen molar-refractivity contribution < 1.29 is 41.0 Å². The first-order valence-corrected chi connectivity index (χ1v) is 10.7. The molecule has 0 spiro atoms. The Labute approximate surface area is 203 Å². The molecule has 0 radical (unpaired) electrons. The van der Waals surface area contributed by atoms with Crippen LogP contribution in [0.25, 0.3) is 0 Å². The molecule has 2 aromatic rings. The number of alkyl halides is 3. The molecule has 1 saturated heterocycles. The molecule has 1 aliphatic heterocycles. The van der Waals surface area contributed by atoms with Gasteiger partial charge in [-0.3, -0.25) is 19.5 Å². The van der Waals surface area contributed by atoms with Gasteiger partial charge in [-0.1, -0.05) is 12.1 Å². The summed E-state index contributed by atoms with van der Waals surface area (Å²) in [5.41, 5.74) is -0.788. The van der Waals surface area contributed by atoms with Crippen molar-refractivity contribution in [3.63, 3.8) is 0 Å². The van der Waals surface area contributed by atoms with E-state index in [1.165, 1.54) is 31.0 Å². The molecule has 1 aliphatic rings. The fraction of sp³-hybridized carbons (Fsp3) is 0.348. The topological polar surface area (TPSA) is 83.5 Å². The number of rotatable bonds is 7. The van der Waals surface area contributed by atoms with Crippen molar-refractivity contribution in [1.82, 2.24) is 4.90 Å². The van der Waals surface area contributed by atoms with Crippen LogP contribution in [-0.2, 0) is 9.53 Å². The lowest BCUT2D eigenvalue weighted by Gasteiger charge is -2.22. The van der Waals surface area contributed by atoms with Gasteiger partial charge in [0.05, 0.1) is 16.9 Å². The van der Waals surface area contributed by atoms with Crippen molar-refractivity contribution in [2.75, 3.05) is 43.7 Å². The maximum absolute atomic E-state index is 15.1. The number of hydrogen-bond donors (Lipinski definition) is 1. The highest BCUT2D eigenvalue weighted by Gasteiger charge is 2.30. The van der Waals surface area contributed by atoms with Crippen LogP contribution in [0.15, 0.2) is 35.4 Å². The summed E-state index contributed by atoms with van der Waals surface area (Å²) in [4.78, 5) is 25.4. The molecule has 1 fully saturated rings. The lowest BCUT2D eigenvalue weighted by molar-refractivity contribution is -0.153. The fourth-order valence-corrected chi connectivity index (χ4v) is 3.36. The van der Waals surface area contributed by atoms with Crippen LogP contribution >= 0.6 is 0 Å². The maximum Gasteiger partial charge on any atom is 0.422 e. The molecule has 2 amide bonds. The van der Waals surface area contributed by atoms with Gasteiger partial charge >= 0.3 is 6.18 Å². The molecule has 8 nitrogen and oxygen atoms in total. The third kappa shape index (κ3) is 6.68. The van der Waals surface area contributed by atoms with Gasteiger partial charge in [0.2, 0.25) is 6.41 Å². The number of benzene rings is 2. The van der Waals surface area contributed by atoms with E-state index in [9.17, 15) is 27.2 Å². The molecule has 0 aliphatic carbocycles. The number of hydrogen-bond acceptors (Lipinski definition) is 6. The van der Waals surface area contributed by atoms with E-state index >= 15 is 4.39 Å². The van der Waals surface area contributed by atoms with Crippen molar-refractivity contribution in [1.29, 1.82) is 0 Å². The summed E-state index contributed by atoms with van der Waals surface area (Å²) < 4.78 is 78.0. The van der Waals surface area contributed by atoms with Crippen molar-refractivity contribution >= 4 is 29.5 Å². The highest BCUT2D eigenvalue weighted by molar-refractivity contribution is 6.07. The Kier molecular flexibility index (Phi) is 8.45. The summed E-state index contributed by atoms with van der Waals surface area (Å²) >= 11 is 0. The van der Waals surface area contributed by atoms with Gasteiger partial charge in [-0.05, 0) is 31.0 Å². The van der Waals surface area contributed by atoms with E-state index in [4.69, 9.17) is 9.47 Å². The lowest BCUT2D eigenvalue weighted by Crippen LogP contribution is -2.34. The summed E-state index contributed by atoms with van der Waals surface area (Å²) in [6.07, 6.45) is -3.66. The molecule has 0 saturated carbocycles. The van der Waals surface area contributed by atoms with E-state index in [1.54, 1.807) is 0 Å². The summed E-state index contributed by atoms with van der Waals surface area (Å²) in [6.45, 7) is 0.388. The summed E-state index contributed by atoms with van der Waals surface area (Å²) in [6, 6.07) is 5.55. The molecule has 0 aromatic heterocycles. The van der Waals surface area contributed by atoms with Gasteiger partial charge in [-0.25, -0.2) is 8.78 Å². The molecule has 3 rings (SSSR count). The number of ether oxygens (including phenoxy) is 2. The number of hydrazone groups is 1. The molecule has 0 bridgehead atoms. The lowest BCUT2D eigenvalue weighted by atomic mass is 10.1. The number of amidine groups is 1. The molecule has 1 N–H and O–H groups in total. The minimum Gasteiger partial charge on any atom is -0.483 e. The zero-order valence-electron chi connectivity index (χ0n) is 19.4. The number of aryl methyl sites for hydroxylation is 1. The zero-order chi connectivity index (χ0) is 26.5. The fourth-order valence-electron chi connectivity index (χ4n) is 3.36. The van der Waals surface area contributed by atoms with Crippen LogP contribution < -0.4 is 15.1 Å². The second-order valence-electron chi connectivity index (χ2n) is 7.83. The summed E-state index contributed by atoms with van der Waals surface area (Å²) in [5.74, 6) is -3.34. The molecule has 2 aromatic carbocycles. The molecule has 36 heavy (non-hydrogen) atoms. The second-order valence-corrected chi connectivity index (χ2v) is 7.83. The first-order valence-electron chi connectivity index (χ1n) is 10.7. The van der Waals surface area contributed by atoms with Crippen molar-refractivity contribution in [3.05, 3.63) is 53.1 Å². The highest BCUT2D eigenvalue weighted by atomic mass is 19.4. The van der Waals surface area contributed by atoms with Crippen LogP contribution in [0.4, 0.5) is 33.3 Å². The van der Waals surface area contributed by atoms with Crippen molar-refractivity contribution in [2.24, 2.45) is 5.10 Å². The zero-order valence-corrected chi connectivity index (χ0v) is 19.4. The van der Waals surface area contributed by atoms with Crippen LogP contribution in [-0.4, -0.2) is 62.6 Å². The Morgan fingerprint density at radius 1 is 1.28 bits per heavy atom. The first kappa shape index (κ1) is 26.9. The minimum atomic E-state index is -4.75. The van der Waals surface area contributed by atoms with E-state index in [1.807, 2.05) is 0 Å². The van der Waals surface area contributed by atoms with E-state index in [2.05, 4.69) is 10.4 Å².